The Morgan fingerprint density at radius 1 is 0.941 bits per heavy atom. The summed E-state index contributed by atoms with van der Waals surface area (Å²) in [5.74, 6) is -3.82. The number of carbonyl (C=O) groups is 3. The molecule has 1 saturated heterocycles. The summed E-state index contributed by atoms with van der Waals surface area (Å²) in [6.07, 6.45) is -0.334. The number of likely N-dealkylation sites (tertiary alicyclic amines) is 1. The molecule has 3 aromatic carbocycles. The van der Waals surface area contributed by atoms with Crippen molar-refractivity contribution in [2.45, 2.75) is 18.4 Å². The normalized spacial score (nSPS) is 18.1. The number of amides is 1. The minimum absolute atomic E-state index is 0.0541. The molecule has 0 bridgehead atoms. The topological polar surface area (TPSA) is 97.7 Å². The van der Waals surface area contributed by atoms with Crippen molar-refractivity contribution >= 4 is 35.0 Å². The van der Waals surface area contributed by atoms with Crippen molar-refractivity contribution in [2.24, 2.45) is 0 Å². The smallest absolute Gasteiger partial charge is 0.295 e. The van der Waals surface area contributed by atoms with Crippen LogP contribution in [0.5, 0.6) is 0 Å². The number of nitrogens with zero attached hydrogens (tertiary/aromatic N) is 1. The summed E-state index contributed by atoms with van der Waals surface area (Å²) in [5, 5.41) is 23.0. The molecular formula is C27H21ClNO5-. The lowest BCUT2D eigenvalue weighted by atomic mass is 9.92. The molecule has 1 aliphatic rings. The van der Waals surface area contributed by atoms with Crippen LogP contribution in [0, 0.1) is 0 Å². The summed E-state index contributed by atoms with van der Waals surface area (Å²) in [5.41, 5.74) is 1.61. The Morgan fingerprint density at radius 2 is 1.53 bits per heavy atom. The van der Waals surface area contributed by atoms with Crippen LogP contribution in [0.1, 0.15) is 35.1 Å². The average Bonchev–Trinajstić information content (AvgIpc) is 3.09. The number of aliphatic hydroxyl groups is 1. The first-order chi connectivity index (χ1) is 16.4. The molecule has 1 N–H and O–H groups in total. The van der Waals surface area contributed by atoms with Crippen LogP contribution in [0.15, 0.2) is 90.5 Å². The maximum absolute atomic E-state index is 13.2. The highest BCUT2D eigenvalue weighted by molar-refractivity contribution is 6.46. The molecule has 3 aromatic rings. The van der Waals surface area contributed by atoms with Gasteiger partial charge in [0.1, 0.15) is 5.76 Å². The summed E-state index contributed by atoms with van der Waals surface area (Å²) in [6.45, 7) is -0.0541. The van der Waals surface area contributed by atoms with Gasteiger partial charge in [0, 0.05) is 29.0 Å². The zero-order valence-corrected chi connectivity index (χ0v) is 18.8. The number of carboxylic acid groups (broad SMARTS) is 1. The summed E-state index contributed by atoms with van der Waals surface area (Å²) >= 11 is 6.05. The number of rotatable bonds is 7. The lowest BCUT2D eigenvalue weighted by molar-refractivity contribution is -0.306. The van der Waals surface area contributed by atoms with Crippen LogP contribution >= 0.6 is 11.6 Å². The highest BCUT2D eigenvalue weighted by Crippen LogP contribution is 2.41. The fourth-order valence-corrected chi connectivity index (χ4v) is 4.39. The second kappa shape index (κ2) is 9.93. The third-order valence-electron chi connectivity index (χ3n) is 5.87. The fraction of sp³-hybridized carbons (Fsp3) is 0.148. The Hall–Kier alpha value is -3.90. The zero-order valence-electron chi connectivity index (χ0n) is 18.1. The number of ketones is 1. The van der Waals surface area contributed by atoms with Gasteiger partial charge in [-0.15, -0.1) is 0 Å². The number of aliphatic hydroxyl groups excluding tert-OH is 1. The summed E-state index contributed by atoms with van der Waals surface area (Å²) in [7, 11) is 0. The van der Waals surface area contributed by atoms with E-state index < -0.39 is 29.6 Å². The van der Waals surface area contributed by atoms with E-state index >= 15 is 0 Å². The Morgan fingerprint density at radius 3 is 2.12 bits per heavy atom. The van der Waals surface area contributed by atoms with Gasteiger partial charge < -0.3 is 19.9 Å². The van der Waals surface area contributed by atoms with E-state index in [1.807, 2.05) is 0 Å². The summed E-state index contributed by atoms with van der Waals surface area (Å²) in [6, 6.07) is 23.1. The number of aliphatic carboxylic acids is 1. The standard InChI is InChI=1S/C27H22ClNO5/c28-21-13-11-18(12-14-21)24-23(25(32)19-9-5-2-6-10-19)26(33)27(34)29(24)16-20(15-22(30)31)17-7-3-1-4-8-17/h1-14,20,24,32H,15-16H2,(H,30,31)/p-1/t20-,24-/m1/s1. The van der Waals surface area contributed by atoms with Crippen molar-refractivity contribution < 1.29 is 24.6 Å². The molecule has 2 atom stereocenters. The van der Waals surface area contributed by atoms with Crippen LogP contribution in [0.2, 0.25) is 5.02 Å². The summed E-state index contributed by atoms with van der Waals surface area (Å²) < 4.78 is 0. The van der Waals surface area contributed by atoms with Crippen molar-refractivity contribution in [3.05, 3.63) is 112 Å². The summed E-state index contributed by atoms with van der Waals surface area (Å²) in [4.78, 5) is 39.2. The first kappa shape index (κ1) is 23.3. The molecule has 0 unspecified atom stereocenters. The number of halogens is 1. The molecule has 172 valence electrons. The first-order valence-corrected chi connectivity index (χ1v) is 11.1. The van der Waals surface area contributed by atoms with E-state index in [9.17, 15) is 24.6 Å². The van der Waals surface area contributed by atoms with E-state index in [2.05, 4.69) is 0 Å². The molecule has 1 aliphatic heterocycles. The van der Waals surface area contributed by atoms with Crippen LogP contribution in [-0.2, 0) is 14.4 Å². The molecule has 6 nitrogen and oxygen atoms in total. The van der Waals surface area contributed by atoms with Gasteiger partial charge in [0.05, 0.1) is 11.6 Å². The number of hydrogen-bond donors (Lipinski definition) is 1. The predicted molar refractivity (Wildman–Crippen MR) is 126 cm³/mol. The SMILES string of the molecule is O=C([O-])C[C@H](CN1C(=O)C(=O)C(=C(O)c2ccccc2)[C@H]1c1ccc(Cl)cc1)c1ccccc1. The Bertz CT molecular complexity index is 1240. The highest BCUT2D eigenvalue weighted by Gasteiger charge is 2.46. The molecule has 0 aliphatic carbocycles. The molecule has 34 heavy (non-hydrogen) atoms. The molecule has 4 rings (SSSR count). The van der Waals surface area contributed by atoms with Gasteiger partial charge in [-0.25, -0.2) is 0 Å². The predicted octanol–water partition coefficient (Wildman–Crippen LogP) is 3.69. The highest BCUT2D eigenvalue weighted by atomic mass is 35.5. The quantitative estimate of drug-likeness (QED) is 0.320. The van der Waals surface area contributed by atoms with Crippen LogP contribution in [-0.4, -0.2) is 34.2 Å². The Labute approximate surface area is 201 Å². The van der Waals surface area contributed by atoms with E-state index in [1.54, 1.807) is 84.9 Å². The van der Waals surface area contributed by atoms with E-state index in [4.69, 9.17) is 11.6 Å². The number of carboxylic acids is 1. The van der Waals surface area contributed by atoms with E-state index in [1.165, 1.54) is 4.90 Å². The largest absolute Gasteiger partial charge is 0.550 e. The molecule has 0 saturated carbocycles. The van der Waals surface area contributed by atoms with Gasteiger partial charge in [-0.05, 0) is 29.7 Å². The molecule has 0 aromatic heterocycles. The minimum Gasteiger partial charge on any atom is -0.550 e. The van der Waals surface area contributed by atoms with Crippen LogP contribution in [0.25, 0.3) is 5.76 Å². The maximum Gasteiger partial charge on any atom is 0.295 e. The van der Waals surface area contributed by atoms with Crippen molar-refractivity contribution in [3.8, 4) is 0 Å². The van der Waals surface area contributed by atoms with E-state index in [0.717, 1.165) is 0 Å². The molecule has 1 amide bonds. The minimum atomic E-state index is -1.27. The Kier molecular flexibility index (Phi) is 6.80. The molecular weight excluding hydrogens is 454 g/mol. The van der Waals surface area contributed by atoms with Gasteiger partial charge in [-0.3, -0.25) is 9.59 Å². The van der Waals surface area contributed by atoms with E-state index in [0.29, 0.717) is 21.7 Å². The number of benzene rings is 3. The van der Waals surface area contributed by atoms with Gasteiger partial charge in [0.25, 0.3) is 11.7 Å². The number of hydrogen-bond acceptors (Lipinski definition) is 5. The van der Waals surface area contributed by atoms with Gasteiger partial charge in [-0.2, -0.15) is 0 Å². The fourth-order valence-electron chi connectivity index (χ4n) is 4.26. The lowest BCUT2D eigenvalue weighted by Crippen LogP contribution is -2.36. The second-order valence-electron chi connectivity index (χ2n) is 8.05. The van der Waals surface area contributed by atoms with Crippen molar-refractivity contribution in [1.82, 2.24) is 4.90 Å². The lowest BCUT2D eigenvalue weighted by Gasteiger charge is -2.30. The monoisotopic (exact) mass is 474 g/mol. The second-order valence-corrected chi connectivity index (χ2v) is 8.49. The first-order valence-electron chi connectivity index (χ1n) is 10.7. The molecule has 0 radical (unpaired) electrons. The third kappa shape index (κ3) is 4.72. The van der Waals surface area contributed by atoms with Gasteiger partial charge in [0.15, 0.2) is 0 Å². The molecule has 1 fully saturated rings. The zero-order chi connectivity index (χ0) is 24.2. The average molecular weight is 475 g/mol. The maximum atomic E-state index is 13.2. The van der Waals surface area contributed by atoms with Crippen molar-refractivity contribution in [3.63, 3.8) is 0 Å². The molecule has 7 heteroatoms. The number of Topliss-reactive ketones (excluding diaryl/α,β-unsaturated/α-hetero) is 1. The number of carbonyl (C=O) groups excluding carboxylic acids is 3. The van der Waals surface area contributed by atoms with Crippen LogP contribution in [0.4, 0.5) is 0 Å². The Balaban J connectivity index is 1.83. The van der Waals surface area contributed by atoms with Crippen molar-refractivity contribution in [1.29, 1.82) is 0 Å². The van der Waals surface area contributed by atoms with Crippen LogP contribution < -0.4 is 5.11 Å². The van der Waals surface area contributed by atoms with Gasteiger partial charge in [-0.1, -0.05) is 84.4 Å². The van der Waals surface area contributed by atoms with Gasteiger partial charge >= 0.3 is 0 Å². The van der Waals surface area contributed by atoms with Crippen molar-refractivity contribution in [2.75, 3.05) is 6.54 Å². The molecule has 1 heterocycles. The van der Waals surface area contributed by atoms with Gasteiger partial charge in [0.2, 0.25) is 0 Å². The van der Waals surface area contributed by atoms with Crippen LogP contribution in [0.3, 0.4) is 0 Å². The molecule has 0 spiro atoms. The van der Waals surface area contributed by atoms with E-state index in [-0.39, 0.29) is 24.3 Å². The third-order valence-corrected chi connectivity index (χ3v) is 6.13.